The lowest BCUT2D eigenvalue weighted by Gasteiger charge is -2.08. The molecule has 0 bridgehead atoms. The summed E-state index contributed by atoms with van der Waals surface area (Å²) >= 11 is 0. The van der Waals surface area contributed by atoms with Crippen LogP contribution in [-0.4, -0.2) is 30.3 Å². The Bertz CT molecular complexity index is 593. The van der Waals surface area contributed by atoms with Gasteiger partial charge in [-0.05, 0) is 24.3 Å². The van der Waals surface area contributed by atoms with E-state index < -0.39 is 0 Å². The molecule has 1 aromatic heterocycles. The highest BCUT2D eigenvalue weighted by Gasteiger charge is 2.04. The minimum absolute atomic E-state index is 0.257. The van der Waals surface area contributed by atoms with E-state index in [0.29, 0.717) is 19.0 Å². The number of hydrogen-bond donors (Lipinski definition) is 1. The average Bonchev–Trinajstić information content (AvgIpc) is 2.50. The molecule has 0 aliphatic rings. The SMILES string of the molecule is COCCOc1ccc(Nc2nccnc2C#N)cc1. The van der Waals surface area contributed by atoms with Crippen LogP contribution in [0.1, 0.15) is 5.69 Å². The molecule has 102 valence electrons. The zero-order valence-corrected chi connectivity index (χ0v) is 11.0. The first-order chi connectivity index (χ1) is 9.83. The predicted octanol–water partition coefficient (Wildman–Crippen LogP) is 2.12. The van der Waals surface area contributed by atoms with Gasteiger partial charge in [-0.3, -0.25) is 0 Å². The molecule has 0 aliphatic carbocycles. The maximum absolute atomic E-state index is 8.94. The third-order valence-corrected chi connectivity index (χ3v) is 2.48. The summed E-state index contributed by atoms with van der Waals surface area (Å²) in [6, 6.07) is 9.34. The number of rotatable bonds is 6. The number of aromatic nitrogens is 2. The van der Waals surface area contributed by atoms with Crippen molar-refractivity contribution in [1.29, 1.82) is 5.26 Å². The highest BCUT2D eigenvalue weighted by Crippen LogP contribution is 2.19. The second-order valence-electron chi connectivity index (χ2n) is 3.86. The number of nitrogens with one attached hydrogen (secondary N) is 1. The molecule has 20 heavy (non-hydrogen) atoms. The van der Waals surface area contributed by atoms with E-state index in [1.807, 2.05) is 30.3 Å². The topological polar surface area (TPSA) is 80.1 Å². The van der Waals surface area contributed by atoms with Crippen molar-refractivity contribution in [2.75, 3.05) is 25.6 Å². The van der Waals surface area contributed by atoms with Crippen molar-refractivity contribution in [1.82, 2.24) is 9.97 Å². The fourth-order valence-electron chi connectivity index (χ4n) is 1.53. The lowest BCUT2D eigenvalue weighted by molar-refractivity contribution is 0.146. The quantitative estimate of drug-likeness (QED) is 0.810. The highest BCUT2D eigenvalue weighted by atomic mass is 16.5. The predicted molar refractivity (Wildman–Crippen MR) is 73.8 cm³/mol. The first-order valence-corrected chi connectivity index (χ1v) is 6.03. The number of hydrogen-bond acceptors (Lipinski definition) is 6. The van der Waals surface area contributed by atoms with Gasteiger partial charge in [-0.1, -0.05) is 0 Å². The van der Waals surface area contributed by atoms with Crippen molar-refractivity contribution in [3.63, 3.8) is 0 Å². The van der Waals surface area contributed by atoms with Gasteiger partial charge < -0.3 is 14.8 Å². The van der Waals surface area contributed by atoms with Crippen molar-refractivity contribution >= 4 is 11.5 Å². The first kappa shape index (κ1) is 13.8. The molecule has 6 nitrogen and oxygen atoms in total. The molecule has 0 unspecified atom stereocenters. The molecule has 0 radical (unpaired) electrons. The molecule has 1 aromatic carbocycles. The molecular formula is C14H14N4O2. The monoisotopic (exact) mass is 270 g/mol. The van der Waals surface area contributed by atoms with Gasteiger partial charge in [0.1, 0.15) is 18.4 Å². The molecule has 0 fully saturated rings. The summed E-state index contributed by atoms with van der Waals surface area (Å²) in [6.45, 7) is 1.05. The summed E-state index contributed by atoms with van der Waals surface area (Å²) < 4.78 is 10.4. The third-order valence-electron chi connectivity index (χ3n) is 2.48. The lowest BCUT2D eigenvalue weighted by Crippen LogP contribution is -2.04. The molecule has 2 aromatic rings. The summed E-state index contributed by atoms with van der Waals surface area (Å²) in [5, 5.41) is 12.0. The lowest BCUT2D eigenvalue weighted by atomic mass is 10.3. The van der Waals surface area contributed by atoms with E-state index in [4.69, 9.17) is 14.7 Å². The third kappa shape index (κ3) is 3.67. The van der Waals surface area contributed by atoms with E-state index in [-0.39, 0.29) is 5.69 Å². The molecule has 1 N–H and O–H groups in total. The maximum atomic E-state index is 8.94. The number of benzene rings is 1. The van der Waals surface area contributed by atoms with Crippen molar-refractivity contribution in [2.24, 2.45) is 0 Å². The van der Waals surface area contributed by atoms with Gasteiger partial charge in [0.2, 0.25) is 0 Å². The maximum Gasteiger partial charge on any atom is 0.183 e. The number of nitrogens with zero attached hydrogens (tertiary/aromatic N) is 3. The minimum Gasteiger partial charge on any atom is -0.491 e. The largest absolute Gasteiger partial charge is 0.491 e. The molecule has 0 atom stereocenters. The van der Waals surface area contributed by atoms with Crippen LogP contribution in [0.4, 0.5) is 11.5 Å². The zero-order chi connectivity index (χ0) is 14.2. The van der Waals surface area contributed by atoms with Gasteiger partial charge in [0.15, 0.2) is 11.5 Å². The first-order valence-electron chi connectivity index (χ1n) is 6.03. The van der Waals surface area contributed by atoms with Crippen LogP contribution in [0.2, 0.25) is 0 Å². The molecule has 0 saturated carbocycles. The summed E-state index contributed by atoms with van der Waals surface area (Å²) in [4.78, 5) is 8.02. The van der Waals surface area contributed by atoms with Crippen LogP contribution in [0.5, 0.6) is 5.75 Å². The van der Waals surface area contributed by atoms with Crippen LogP contribution in [0.25, 0.3) is 0 Å². The Morgan fingerprint density at radius 2 is 1.90 bits per heavy atom. The van der Waals surface area contributed by atoms with Crippen LogP contribution in [0.15, 0.2) is 36.7 Å². The Morgan fingerprint density at radius 3 is 2.60 bits per heavy atom. The Balaban J connectivity index is 2.02. The van der Waals surface area contributed by atoms with Crippen molar-refractivity contribution in [2.45, 2.75) is 0 Å². The number of ether oxygens (including phenoxy) is 2. The number of anilines is 2. The molecule has 0 saturated heterocycles. The molecule has 6 heteroatoms. The average molecular weight is 270 g/mol. The van der Waals surface area contributed by atoms with Gasteiger partial charge in [-0.25, -0.2) is 9.97 Å². The minimum atomic E-state index is 0.257. The van der Waals surface area contributed by atoms with Crippen molar-refractivity contribution < 1.29 is 9.47 Å². The summed E-state index contributed by atoms with van der Waals surface area (Å²) in [7, 11) is 1.63. The zero-order valence-electron chi connectivity index (χ0n) is 11.0. The number of nitriles is 1. The van der Waals surface area contributed by atoms with Crippen LogP contribution in [0, 0.1) is 11.3 Å². The smallest absolute Gasteiger partial charge is 0.183 e. The standard InChI is InChI=1S/C14H14N4O2/c1-19-8-9-20-12-4-2-11(3-5-12)18-14-13(10-15)16-6-7-17-14/h2-7H,8-9H2,1H3,(H,17,18). The van der Waals surface area contributed by atoms with Gasteiger partial charge in [0.05, 0.1) is 6.61 Å². The normalized spacial score (nSPS) is 9.80. The Hall–Kier alpha value is -2.65. The van der Waals surface area contributed by atoms with E-state index >= 15 is 0 Å². The van der Waals surface area contributed by atoms with Gasteiger partial charge in [0, 0.05) is 25.2 Å². The summed E-state index contributed by atoms with van der Waals surface area (Å²) in [5.41, 5.74) is 1.06. The summed E-state index contributed by atoms with van der Waals surface area (Å²) in [5.74, 6) is 1.19. The fourth-order valence-corrected chi connectivity index (χ4v) is 1.53. The van der Waals surface area contributed by atoms with Crippen molar-refractivity contribution in [3.8, 4) is 11.8 Å². The van der Waals surface area contributed by atoms with Gasteiger partial charge in [-0.15, -0.1) is 0 Å². The van der Waals surface area contributed by atoms with Crippen LogP contribution >= 0.6 is 0 Å². The number of methoxy groups -OCH3 is 1. The highest BCUT2D eigenvalue weighted by molar-refractivity contribution is 5.61. The van der Waals surface area contributed by atoms with E-state index in [9.17, 15) is 0 Å². The van der Waals surface area contributed by atoms with Crippen LogP contribution in [-0.2, 0) is 4.74 Å². The van der Waals surface area contributed by atoms with Crippen LogP contribution < -0.4 is 10.1 Å². The van der Waals surface area contributed by atoms with E-state index in [0.717, 1.165) is 11.4 Å². The van der Waals surface area contributed by atoms with Gasteiger partial charge in [0.25, 0.3) is 0 Å². The second kappa shape index (κ2) is 7.07. The van der Waals surface area contributed by atoms with Gasteiger partial charge in [-0.2, -0.15) is 5.26 Å². The second-order valence-corrected chi connectivity index (χ2v) is 3.86. The van der Waals surface area contributed by atoms with Gasteiger partial charge >= 0.3 is 0 Å². The Labute approximate surface area is 117 Å². The molecule has 0 spiro atoms. The molecule has 0 amide bonds. The molecule has 2 rings (SSSR count). The fraction of sp³-hybridized carbons (Fsp3) is 0.214. The van der Waals surface area contributed by atoms with E-state index in [1.54, 1.807) is 7.11 Å². The van der Waals surface area contributed by atoms with Crippen LogP contribution in [0.3, 0.4) is 0 Å². The Morgan fingerprint density at radius 1 is 1.15 bits per heavy atom. The molecule has 1 heterocycles. The Kier molecular flexibility index (Phi) is 4.87. The molecular weight excluding hydrogens is 256 g/mol. The van der Waals surface area contributed by atoms with E-state index in [1.165, 1.54) is 12.4 Å². The van der Waals surface area contributed by atoms with E-state index in [2.05, 4.69) is 15.3 Å². The summed E-state index contributed by atoms with van der Waals surface area (Å²) in [6.07, 6.45) is 3.02. The van der Waals surface area contributed by atoms with Crippen molar-refractivity contribution in [3.05, 3.63) is 42.4 Å². The molecule has 0 aliphatic heterocycles.